The molecule has 0 fully saturated rings. The lowest BCUT2D eigenvalue weighted by atomic mass is 10.1. The van der Waals surface area contributed by atoms with Crippen molar-refractivity contribution < 1.29 is 77.7 Å². The first-order chi connectivity index (χ1) is 18.2. The average molecular weight is 581 g/mol. The number of carboxylic acid groups (broad SMARTS) is 4. The van der Waals surface area contributed by atoms with Gasteiger partial charge in [-0.15, -0.1) is 0 Å². The van der Waals surface area contributed by atoms with Gasteiger partial charge in [0.25, 0.3) is 10.1 Å². The summed E-state index contributed by atoms with van der Waals surface area (Å²) < 4.78 is 35.3. The molecule has 2 rings (SSSR count). The summed E-state index contributed by atoms with van der Waals surface area (Å²) >= 11 is 0. The molecule has 2 aromatic rings. The Morgan fingerprint density at radius 1 is 0.615 bits per heavy atom. The van der Waals surface area contributed by atoms with Crippen LogP contribution in [0.5, 0.6) is 0 Å². The first-order valence-electron chi connectivity index (χ1n) is 10.3. The van der Waals surface area contributed by atoms with Crippen molar-refractivity contribution in [1.82, 2.24) is 0 Å². The lowest BCUT2D eigenvalue weighted by Crippen LogP contribution is -2.14. The molecule has 0 bridgehead atoms. The Kier molecular flexibility index (Phi) is 19.1. The molecule has 0 saturated carbocycles. The van der Waals surface area contributed by atoms with E-state index in [1.807, 2.05) is 0 Å². The highest BCUT2D eigenvalue weighted by Gasteiger charge is 2.27. The minimum absolute atomic E-state index is 0.0186. The molecule has 2 aromatic carbocycles. The van der Waals surface area contributed by atoms with E-state index < -0.39 is 50.0 Å². The number of carbonyl (C=O) groups is 4. The molecule has 9 N–H and O–H groups in total. The monoisotopic (exact) mass is 580 g/mol. The number of aliphatic hydroxyl groups excluding tert-OH is 4. The molecule has 0 aromatic heterocycles. The van der Waals surface area contributed by atoms with E-state index in [0.29, 0.717) is 13.2 Å². The number of aromatic carboxylic acids is 4. The van der Waals surface area contributed by atoms with Crippen molar-refractivity contribution in [1.29, 1.82) is 0 Å². The van der Waals surface area contributed by atoms with Crippen LogP contribution in [0.15, 0.2) is 47.4 Å². The van der Waals surface area contributed by atoms with Gasteiger partial charge >= 0.3 is 23.9 Å². The zero-order valence-electron chi connectivity index (χ0n) is 20.1. The summed E-state index contributed by atoms with van der Waals surface area (Å²) in [4.78, 5) is 41.0. The second-order valence-corrected chi connectivity index (χ2v) is 7.82. The van der Waals surface area contributed by atoms with Crippen LogP contribution >= 0.6 is 0 Å². The fraction of sp³-hybridized carbons (Fsp3) is 0.273. The third-order valence-electron chi connectivity index (χ3n) is 3.66. The van der Waals surface area contributed by atoms with Gasteiger partial charge in [0.05, 0.1) is 61.9 Å². The standard InChI is InChI=1S/C8H6O7S.C8H6O4.C4H10O3.C2H6O2/c9-7(10)4-2-1-3-5(8(11)12)6(4)16(13,14)15;9-7(10)5-2-1-3-6(4-5)8(11)12;5-1-3-7-4-2-6;3-1-2-4/h1-3H,(H,9,10)(H,11,12)(H,13,14,15);1-4H,(H,9,10)(H,11,12);5-6H,1-4H2;3-4H,1-2H2. The van der Waals surface area contributed by atoms with Crippen LogP contribution in [0.2, 0.25) is 0 Å². The molecule has 0 saturated heterocycles. The summed E-state index contributed by atoms with van der Waals surface area (Å²) in [5.74, 6) is -5.54. The highest BCUT2D eigenvalue weighted by molar-refractivity contribution is 7.86. The second-order valence-electron chi connectivity index (χ2n) is 6.47. The van der Waals surface area contributed by atoms with Crippen molar-refractivity contribution >= 4 is 34.0 Å². The van der Waals surface area contributed by atoms with E-state index in [9.17, 15) is 27.6 Å². The van der Waals surface area contributed by atoms with Gasteiger partial charge in [0, 0.05) is 0 Å². The van der Waals surface area contributed by atoms with Gasteiger partial charge in [0.2, 0.25) is 0 Å². The molecule has 17 heteroatoms. The predicted molar refractivity (Wildman–Crippen MR) is 130 cm³/mol. The normalized spacial score (nSPS) is 9.87. The molecule has 0 amide bonds. The highest BCUT2D eigenvalue weighted by atomic mass is 32.2. The van der Waals surface area contributed by atoms with Crippen molar-refractivity contribution in [3.8, 4) is 0 Å². The van der Waals surface area contributed by atoms with E-state index in [1.54, 1.807) is 0 Å². The van der Waals surface area contributed by atoms with Crippen LogP contribution in [0.4, 0.5) is 0 Å². The maximum Gasteiger partial charge on any atom is 0.337 e. The minimum Gasteiger partial charge on any atom is -0.478 e. The molecule has 0 radical (unpaired) electrons. The van der Waals surface area contributed by atoms with Gasteiger partial charge < -0.3 is 45.6 Å². The van der Waals surface area contributed by atoms with Crippen molar-refractivity contribution in [2.45, 2.75) is 4.90 Å². The van der Waals surface area contributed by atoms with E-state index >= 15 is 0 Å². The van der Waals surface area contributed by atoms with Crippen molar-refractivity contribution in [3.63, 3.8) is 0 Å². The summed E-state index contributed by atoms with van der Waals surface area (Å²) in [6.45, 7) is 0.446. The van der Waals surface area contributed by atoms with Gasteiger partial charge in [-0.3, -0.25) is 4.55 Å². The van der Waals surface area contributed by atoms with E-state index in [1.165, 1.54) is 18.2 Å². The first kappa shape index (κ1) is 37.2. The molecule has 218 valence electrons. The molecule has 0 aliphatic carbocycles. The summed E-state index contributed by atoms with van der Waals surface area (Å²) in [7, 11) is -4.92. The van der Waals surface area contributed by atoms with Gasteiger partial charge in [0.15, 0.2) is 0 Å². The smallest absolute Gasteiger partial charge is 0.337 e. The molecular formula is C22H28O16S. The summed E-state index contributed by atoms with van der Waals surface area (Å²) in [5.41, 5.74) is -1.62. The number of ether oxygens (including phenoxy) is 1. The second kappa shape index (κ2) is 20.1. The predicted octanol–water partition coefficient (Wildman–Crippen LogP) is -0.629. The number of hydrogen-bond donors (Lipinski definition) is 9. The van der Waals surface area contributed by atoms with Crippen LogP contribution < -0.4 is 0 Å². The fourth-order valence-electron chi connectivity index (χ4n) is 2.17. The molecule has 0 aliphatic rings. The number of carboxylic acids is 4. The van der Waals surface area contributed by atoms with E-state index in [4.69, 9.17) is 45.4 Å². The lowest BCUT2D eigenvalue weighted by molar-refractivity contribution is 0.0650. The third-order valence-corrected chi connectivity index (χ3v) is 4.62. The van der Waals surface area contributed by atoms with Gasteiger partial charge in [-0.1, -0.05) is 12.1 Å². The third kappa shape index (κ3) is 15.8. The van der Waals surface area contributed by atoms with Gasteiger partial charge in [-0.2, -0.15) is 8.42 Å². The zero-order chi connectivity index (χ0) is 30.6. The van der Waals surface area contributed by atoms with Gasteiger partial charge in [-0.25, -0.2) is 19.2 Å². The Balaban J connectivity index is 0. The Labute approximate surface area is 221 Å². The molecule has 16 nitrogen and oxygen atoms in total. The quantitative estimate of drug-likeness (QED) is 0.125. The van der Waals surface area contributed by atoms with Crippen molar-refractivity contribution in [2.75, 3.05) is 39.6 Å². The number of hydrogen-bond acceptors (Lipinski definition) is 11. The molecule has 39 heavy (non-hydrogen) atoms. The molecular weight excluding hydrogens is 552 g/mol. The maximum absolute atomic E-state index is 10.9. The minimum atomic E-state index is -4.92. The Morgan fingerprint density at radius 3 is 1.23 bits per heavy atom. The van der Waals surface area contributed by atoms with Crippen LogP contribution in [-0.4, -0.2) is 117 Å². The molecule has 0 atom stereocenters. The van der Waals surface area contributed by atoms with Crippen molar-refractivity contribution in [3.05, 3.63) is 64.7 Å². The fourth-order valence-corrected chi connectivity index (χ4v) is 3.03. The van der Waals surface area contributed by atoms with Gasteiger partial charge in [0.1, 0.15) is 4.90 Å². The topological polar surface area (TPSA) is 294 Å². The van der Waals surface area contributed by atoms with Crippen LogP contribution in [0, 0.1) is 0 Å². The lowest BCUT2D eigenvalue weighted by Gasteiger charge is -2.05. The van der Waals surface area contributed by atoms with Gasteiger partial charge in [-0.05, 0) is 30.3 Å². The number of benzene rings is 2. The number of rotatable bonds is 10. The average Bonchev–Trinajstić information content (AvgIpc) is 2.89. The van der Waals surface area contributed by atoms with Crippen LogP contribution in [-0.2, 0) is 14.9 Å². The molecule has 0 heterocycles. The largest absolute Gasteiger partial charge is 0.478 e. The highest BCUT2D eigenvalue weighted by Crippen LogP contribution is 2.20. The van der Waals surface area contributed by atoms with Crippen LogP contribution in [0.1, 0.15) is 41.4 Å². The molecule has 0 spiro atoms. The van der Waals surface area contributed by atoms with E-state index in [-0.39, 0.29) is 37.6 Å². The maximum atomic E-state index is 10.9. The molecule has 0 aliphatic heterocycles. The zero-order valence-corrected chi connectivity index (χ0v) is 20.9. The first-order valence-corrected chi connectivity index (χ1v) is 11.8. The Hall–Kier alpha value is -3.97. The summed E-state index contributed by atoms with van der Waals surface area (Å²) in [6.07, 6.45) is 0. The van der Waals surface area contributed by atoms with Crippen molar-refractivity contribution in [2.24, 2.45) is 0 Å². The SMILES string of the molecule is O=C(O)c1cccc(C(=O)O)c1.O=C(O)c1cccc(C(=O)O)c1S(=O)(=O)O.OCCO.OCCOCCO. The summed E-state index contributed by atoms with van der Waals surface area (Å²) in [5, 5.41) is 65.8. The Morgan fingerprint density at radius 2 is 0.974 bits per heavy atom. The van der Waals surface area contributed by atoms with E-state index in [0.717, 1.165) is 24.3 Å². The Bertz CT molecular complexity index is 1110. The summed E-state index contributed by atoms with van der Waals surface area (Å²) in [6, 6.07) is 8.04. The molecule has 0 unspecified atom stereocenters. The number of aliphatic hydroxyl groups is 4. The van der Waals surface area contributed by atoms with Crippen LogP contribution in [0.3, 0.4) is 0 Å². The van der Waals surface area contributed by atoms with Crippen LogP contribution in [0.25, 0.3) is 0 Å². The van der Waals surface area contributed by atoms with E-state index in [2.05, 4.69) is 4.74 Å².